The van der Waals surface area contributed by atoms with Crippen LogP contribution < -0.4 is 4.74 Å². The summed E-state index contributed by atoms with van der Waals surface area (Å²) < 4.78 is 19.2. The minimum atomic E-state index is -0.842. The molecule has 1 aromatic carbocycles. The van der Waals surface area contributed by atoms with Gasteiger partial charge in [0, 0.05) is 0 Å². The van der Waals surface area contributed by atoms with Crippen LogP contribution in [0.3, 0.4) is 0 Å². The molecule has 1 saturated carbocycles. The normalized spacial score (nSPS) is 23.1. The summed E-state index contributed by atoms with van der Waals surface area (Å²) >= 11 is 0. The van der Waals surface area contributed by atoms with Crippen LogP contribution in [0.5, 0.6) is 5.75 Å². The van der Waals surface area contributed by atoms with Crippen LogP contribution in [0.2, 0.25) is 0 Å². The molecule has 104 valence electrons. The van der Waals surface area contributed by atoms with Crippen molar-refractivity contribution in [2.45, 2.75) is 45.1 Å². The quantitative estimate of drug-likeness (QED) is 0.610. The van der Waals surface area contributed by atoms with Gasteiger partial charge in [0.1, 0.15) is 0 Å². The SMILES string of the molecule is CCC1CCCC(Oc2cccc(F)c2[N+](=O)[O-])C1. The first kappa shape index (κ1) is 13.8. The van der Waals surface area contributed by atoms with E-state index in [1.165, 1.54) is 18.6 Å². The van der Waals surface area contributed by atoms with Crippen LogP contribution in [-0.4, -0.2) is 11.0 Å². The van der Waals surface area contributed by atoms with Crippen LogP contribution in [0.4, 0.5) is 10.1 Å². The van der Waals surface area contributed by atoms with Crippen molar-refractivity contribution in [2.75, 3.05) is 0 Å². The number of nitro groups is 1. The second kappa shape index (κ2) is 5.99. The van der Waals surface area contributed by atoms with E-state index in [-0.39, 0.29) is 11.9 Å². The molecule has 1 aliphatic carbocycles. The summed E-state index contributed by atoms with van der Waals surface area (Å²) in [6.45, 7) is 2.14. The fourth-order valence-corrected chi connectivity index (χ4v) is 2.67. The highest BCUT2D eigenvalue weighted by Gasteiger charge is 2.27. The Bertz CT molecular complexity index is 464. The molecule has 0 bridgehead atoms. The highest BCUT2D eigenvalue weighted by Crippen LogP contribution is 2.34. The lowest BCUT2D eigenvalue weighted by atomic mass is 9.85. The lowest BCUT2D eigenvalue weighted by Gasteiger charge is -2.28. The molecule has 1 aliphatic rings. The summed E-state index contributed by atoms with van der Waals surface area (Å²) in [6.07, 6.45) is 5.06. The summed E-state index contributed by atoms with van der Waals surface area (Å²) in [4.78, 5) is 10.2. The van der Waals surface area contributed by atoms with Crippen LogP contribution >= 0.6 is 0 Å². The van der Waals surface area contributed by atoms with Crippen molar-refractivity contribution in [3.8, 4) is 5.75 Å². The number of nitrogens with zero attached hydrogens (tertiary/aromatic N) is 1. The molecule has 0 amide bonds. The third kappa shape index (κ3) is 3.22. The Kier molecular flexibility index (Phi) is 4.35. The lowest BCUT2D eigenvalue weighted by Crippen LogP contribution is -2.25. The predicted molar refractivity (Wildman–Crippen MR) is 69.7 cm³/mol. The summed E-state index contributed by atoms with van der Waals surface area (Å²) in [5.41, 5.74) is -0.555. The topological polar surface area (TPSA) is 52.4 Å². The molecule has 2 unspecified atom stereocenters. The number of ether oxygens (including phenoxy) is 1. The third-order valence-electron chi connectivity index (χ3n) is 3.74. The number of hydrogen-bond acceptors (Lipinski definition) is 3. The number of nitro benzene ring substituents is 1. The summed E-state index contributed by atoms with van der Waals surface area (Å²) in [5.74, 6) is -0.191. The molecule has 4 nitrogen and oxygen atoms in total. The van der Waals surface area contributed by atoms with Gasteiger partial charge >= 0.3 is 5.69 Å². The predicted octanol–water partition coefficient (Wildman–Crippen LogP) is 4.08. The largest absolute Gasteiger partial charge is 0.483 e. The van der Waals surface area contributed by atoms with Crippen LogP contribution in [0.15, 0.2) is 18.2 Å². The van der Waals surface area contributed by atoms with E-state index >= 15 is 0 Å². The second-order valence-corrected chi connectivity index (χ2v) is 5.02. The Balaban J connectivity index is 2.14. The Morgan fingerprint density at radius 2 is 2.26 bits per heavy atom. The fraction of sp³-hybridized carbons (Fsp3) is 0.571. The van der Waals surface area contributed by atoms with Crippen molar-refractivity contribution in [1.29, 1.82) is 0 Å². The van der Waals surface area contributed by atoms with E-state index in [0.717, 1.165) is 31.7 Å². The smallest absolute Gasteiger partial charge is 0.346 e. The molecule has 1 fully saturated rings. The highest BCUT2D eigenvalue weighted by molar-refractivity contribution is 5.47. The van der Waals surface area contributed by atoms with Crippen LogP contribution in [0, 0.1) is 21.8 Å². The van der Waals surface area contributed by atoms with Crippen LogP contribution in [0.1, 0.15) is 39.0 Å². The number of halogens is 1. The van der Waals surface area contributed by atoms with Gasteiger partial charge in [-0.1, -0.05) is 25.8 Å². The van der Waals surface area contributed by atoms with Gasteiger partial charge in [-0.25, -0.2) is 0 Å². The Hall–Kier alpha value is -1.65. The van der Waals surface area contributed by atoms with Gasteiger partial charge < -0.3 is 4.74 Å². The second-order valence-electron chi connectivity index (χ2n) is 5.02. The van der Waals surface area contributed by atoms with Gasteiger partial charge in [0.2, 0.25) is 11.6 Å². The van der Waals surface area contributed by atoms with E-state index in [2.05, 4.69) is 6.92 Å². The van der Waals surface area contributed by atoms with Gasteiger partial charge in [0.25, 0.3) is 0 Å². The van der Waals surface area contributed by atoms with Gasteiger partial charge in [-0.15, -0.1) is 0 Å². The summed E-state index contributed by atoms with van der Waals surface area (Å²) in [6, 6.07) is 4.00. The number of para-hydroxylation sites is 1. The van der Waals surface area contributed by atoms with Gasteiger partial charge in [-0.3, -0.25) is 10.1 Å². The van der Waals surface area contributed by atoms with E-state index in [0.29, 0.717) is 5.92 Å². The Labute approximate surface area is 111 Å². The molecule has 1 aromatic rings. The maximum Gasteiger partial charge on any atom is 0.346 e. The molecule has 19 heavy (non-hydrogen) atoms. The molecule has 0 N–H and O–H groups in total. The molecular formula is C14H18FNO3. The minimum absolute atomic E-state index is 0.0424. The third-order valence-corrected chi connectivity index (χ3v) is 3.74. The Morgan fingerprint density at radius 1 is 1.47 bits per heavy atom. The summed E-state index contributed by atoms with van der Waals surface area (Å²) in [5, 5.41) is 10.9. The van der Waals surface area contributed by atoms with Crippen LogP contribution in [-0.2, 0) is 0 Å². The molecule has 0 heterocycles. The number of benzene rings is 1. The molecule has 0 spiro atoms. The molecule has 5 heteroatoms. The average molecular weight is 267 g/mol. The first-order chi connectivity index (χ1) is 9.11. The zero-order chi connectivity index (χ0) is 13.8. The van der Waals surface area contributed by atoms with Crippen LogP contribution in [0.25, 0.3) is 0 Å². The molecule has 0 saturated heterocycles. The van der Waals surface area contributed by atoms with E-state index in [1.54, 1.807) is 0 Å². The van der Waals surface area contributed by atoms with E-state index in [1.807, 2.05) is 0 Å². The molecule has 0 aliphatic heterocycles. The van der Waals surface area contributed by atoms with Crippen molar-refractivity contribution in [3.05, 3.63) is 34.1 Å². The van der Waals surface area contributed by atoms with E-state index in [9.17, 15) is 14.5 Å². The zero-order valence-corrected chi connectivity index (χ0v) is 11.0. The van der Waals surface area contributed by atoms with Gasteiger partial charge in [0.05, 0.1) is 11.0 Å². The first-order valence-electron chi connectivity index (χ1n) is 6.71. The number of rotatable bonds is 4. The van der Waals surface area contributed by atoms with Gasteiger partial charge in [-0.05, 0) is 37.3 Å². The first-order valence-corrected chi connectivity index (χ1v) is 6.71. The van der Waals surface area contributed by atoms with Gasteiger partial charge in [0.15, 0.2) is 0 Å². The standard InChI is InChI=1S/C14H18FNO3/c1-2-10-5-3-6-11(9-10)19-13-8-4-7-12(15)14(13)16(17)18/h4,7-8,10-11H,2-3,5-6,9H2,1H3. The molecule has 2 atom stereocenters. The van der Waals surface area contributed by atoms with E-state index in [4.69, 9.17) is 4.74 Å². The van der Waals surface area contributed by atoms with Crippen molar-refractivity contribution in [1.82, 2.24) is 0 Å². The Morgan fingerprint density at radius 3 is 2.95 bits per heavy atom. The lowest BCUT2D eigenvalue weighted by molar-refractivity contribution is -0.388. The maximum atomic E-state index is 13.5. The minimum Gasteiger partial charge on any atom is -0.483 e. The van der Waals surface area contributed by atoms with Gasteiger partial charge in [-0.2, -0.15) is 4.39 Å². The molecule has 0 aromatic heterocycles. The highest BCUT2D eigenvalue weighted by atomic mass is 19.1. The van der Waals surface area contributed by atoms with Crippen molar-refractivity contribution in [2.24, 2.45) is 5.92 Å². The molecule has 0 radical (unpaired) electrons. The average Bonchev–Trinajstić information content (AvgIpc) is 2.38. The fourth-order valence-electron chi connectivity index (χ4n) is 2.67. The number of hydrogen-bond donors (Lipinski definition) is 0. The van der Waals surface area contributed by atoms with Crippen molar-refractivity contribution in [3.63, 3.8) is 0 Å². The van der Waals surface area contributed by atoms with Crippen molar-refractivity contribution < 1.29 is 14.1 Å². The van der Waals surface area contributed by atoms with Crippen molar-refractivity contribution >= 4 is 5.69 Å². The zero-order valence-electron chi connectivity index (χ0n) is 11.0. The monoisotopic (exact) mass is 267 g/mol. The van der Waals surface area contributed by atoms with E-state index < -0.39 is 16.4 Å². The molecular weight excluding hydrogens is 249 g/mol. The maximum absolute atomic E-state index is 13.5. The summed E-state index contributed by atoms with van der Waals surface area (Å²) in [7, 11) is 0. The molecule has 2 rings (SSSR count).